The van der Waals surface area contributed by atoms with E-state index >= 15 is 0 Å². The summed E-state index contributed by atoms with van der Waals surface area (Å²) >= 11 is 0. The molecule has 0 aromatic carbocycles. The second-order valence-electron chi connectivity index (χ2n) is 8.36. The molecule has 0 saturated carbocycles. The largest absolute Gasteiger partial charge is 0.242 e. The number of rotatable bonds is 21. The smallest absolute Gasteiger partial charge is 0.216 e. The normalized spacial score (nSPS) is 12.2. The molecule has 1 atom stereocenters. The van der Waals surface area contributed by atoms with E-state index in [4.69, 9.17) is 0 Å². The van der Waals surface area contributed by atoms with Crippen LogP contribution < -0.4 is 0 Å². The summed E-state index contributed by atoms with van der Waals surface area (Å²) < 4.78 is 36.8. The zero-order valence-corrected chi connectivity index (χ0v) is 19.6. The van der Waals surface area contributed by atoms with E-state index in [0.29, 0.717) is 12.8 Å². The van der Waals surface area contributed by atoms with Crippen molar-refractivity contribution in [3.8, 4) is 0 Å². The van der Waals surface area contributed by atoms with E-state index < -0.39 is 16.5 Å². The molecular formula is C24H47FO2S. The predicted octanol–water partition coefficient (Wildman–Crippen LogP) is 8.22. The molecule has 0 aliphatic heterocycles. The monoisotopic (exact) mass is 418 g/mol. The number of hydrogen-bond acceptors (Lipinski definition) is 2. The van der Waals surface area contributed by atoms with Crippen LogP contribution in [0.25, 0.3) is 0 Å². The highest BCUT2D eigenvalue weighted by Crippen LogP contribution is 2.16. The molecule has 0 aliphatic rings. The molecule has 1 unspecified atom stereocenters. The van der Waals surface area contributed by atoms with Crippen LogP contribution in [-0.4, -0.2) is 19.5 Å². The zero-order chi connectivity index (χ0) is 20.9. The van der Waals surface area contributed by atoms with Crippen molar-refractivity contribution in [1.82, 2.24) is 0 Å². The third-order valence-corrected chi connectivity index (χ3v) is 6.54. The second-order valence-corrected chi connectivity index (χ2v) is 9.36. The second kappa shape index (κ2) is 21.3. The standard InChI is InChI=1S/C24H47FO2S/c1-3-5-7-9-10-11-12-13-14-15-16-17-18-19-21-23(25)24(28(26)27)22-20-8-6-4-2/h23H,3-22H2,1-2H3. The zero-order valence-electron chi connectivity index (χ0n) is 18.8. The van der Waals surface area contributed by atoms with Crippen LogP contribution in [0.2, 0.25) is 0 Å². The summed E-state index contributed by atoms with van der Waals surface area (Å²) in [6.07, 6.45) is 21.3. The Bertz CT molecular complexity index is 451. The Kier molecular flexibility index (Phi) is 21.0. The molecule has 0 bridgehead atoms. The molecule has 0 saturated heterocycles. The third-order valence-electron chi connectivity index (χ3n) is 5.65. The van der Waals surface area contributed by atoms with Gasteiger partial charge in [0.05, 0.1) is 4.86 Å². The summed E-state index contributed by atoms with van der Waals surface area (Å²) in [7, 11) is -2.36. The Hall–Kier alpha value is -0.380. The molecule has 4 heteroatoms. The molecule has 0 N–H and O–H groups in total. The minimum Gasteiger partial charge on any atom is -0.242 e. The van der Waals surface area contributed by atoms with Crippen molar-refractivity contribution in [3.05, 3.63) is 0 Å². The highest BCUT2D eigenvalue weighted by atomic mass is 32.2. The van der Waals surface area contributed by atoms with Crippen LogP contribution in [0.1, 0.15) is 142 Å². The van der Waals surface area contributed by atoms with Gasteiger partial charge in [-0.05, 0) is 19.3 Å². The van der Waals surface area contributed by atoms with Gasteiger partial charge >= 0.3 is 0 Å². The highest BCUT2D eigenvalue weighted by Gasteiger charge is 2.15. The molecule has 28 heavy (non-hydrogen) atoms. The van der Waals surface area contributed by atoms with Gasteiger partial charge in [-0.2, -0.15) is 8.42 Å². The summed E-state index contributed by atoms with van der Waals surface area (Å²) in [5.41, 5.74) is 0. The average Bonchev–Trinajstić information content (AvgIpc) is 2.67. The van der Waals surface area contributed by atoms with Gasteiger partial charge in [0.15, 0.2) is 0 Å². The summed E-state index contributed by atoms with van der Waals surface area (Å²) in [5.74, 6) is 0. The Morgan fingerprint density at radius 1 is 0.607 bits per heavy atom. The molecule has 0 spiro atoms. The maximum Gasteiger partial charge on any atom is 0.216 e. The molecule has 0 radical (unpaired) electrons. The predicted molar refractivity (Wildman–Crippen MR) is 123 cm³/mol. The fraction of sp³-hybridized carbons (Fsp3) is 0.958. The molecule has 0 rings (SSSR count). The van der Waals surface area contributed by atoms with Crippen LogP contribution in [0.4, 0.5) is 4.39 Å². The first-order valence-corrected chi connectivity index (χ1v) is 13.3. The van der Waals surface area contributed by atoms with Gasteiger partial charge in [0.2, 0.25) is 10.3 Å². The summed E-state index contributed by atoms with van der Waals surface area (Å²) in [5, 5.41) is 0. The Morgan fingerprint density at radius 2 is 0.964 bits per heavy atom. The molecule has 0 aromatic heterocycles. The van der Waals surface area contributed by atoms with Gasteiger partial charge in [0, 0.05) is 0 Å². The maximum absolute atomic E-state index is 14.2. The van der Waals surface area contributed by atoms with Gasteiger partial charge in [-0.25, -0.2) is 4.39 Å². The third kappa shape index (κ3) is 17.7. The van der Waals surface area contributed by atoms with Gasteiger partial charge in [0.1, 0.15) is 6.17 Å². The minimum absolute atomic E-state index is 0.103. The Morgan fingerprint density at radius 3 is 1.36 bits per heavy atom. The van der Waals surface area contributed by atoms with Crippen LogP contribution in [0.3, 0.4) is 0 Å². The van der Waals surface area contributed by atoms with Crippen molar-refractivity contribution in [2.75, 3.05) is 0 Å². The first-order valence-electron chi connectivity index (χ1n) is 12.2. The molecular weight excluding hydrogens is 371 g/mol. The summed E-state index contributed by atoms with van der Waals surface area (Å²) in [6, 6.07) is 0. The van der Waals surface area contributed by atoms with Gasteiger partial charge in [-0.1, -0.05) is 123 Å². The van der Waals surface area contributed by atoms with Crippen LogP contribution in [-0.2, 0) is 10.3 Å². The van der Waals surface area contributed by atoms with Gasteiger partial charge in [0.25, 0.3) is 0 Å². The number of hydrogen-bond donors (Lipinski definition) is 0. The lowest BCUT2D eigenvalue weighted by Crippen LogP contribution is -2.16. The quantitative estimate of drug-likeness (QED) is 0.139. The molecule has 0 aromatic rings. The van der Waals surface area contributed by atoms with E-state index in [9.17, 15) is 12.8 Å². The van der Waals surface area contributed by atoms with Crippen LogP contribution in [0.15, 0.2) is 0 Å². The van der Waals surface area contributed by atoms with Crippen molar-refractivity contribution in [3.63, 3.8) is 0 Å². The lowest BCUT2D eigenvalue weighted by atomic mass is 10.0. The van der Waals surface area contributed by atoms with Crippen LogP contribution in [0.5, 0.6) is 0 Å². The van der Waals surface area contributed by atoms with E-state index in [2.05, 4.69) is 13.8 Å². The van der Waals surface area contributed by atoms with Crippen molar-refractivity contribution in [2.45, 2.75) is 148 Å². The first kappa shape index (κ1) is 27.6. The van der Waals surface area contributed by atoms with Crippen molar-refractivity contribution < 1.29 is 12.8 Å². The lowest BCUT2D eigenvalue weighted by Gasteiger charge is -2.09. The molecule has 168 valence electrons. The van der Waals surface area contributed by atoms with E-state index in [0.717, 1.165) is 44.9 Å². The van der Waals surface area contributed by atoms with Crippen molar-refractivity contribution in [1.29, 1.82) is 0 Å². The van der Waals surface area contributed by atoms with E-state index in [1.165, 1.54) is 70.6 Å². The molecule has 0 amide bonds. The summed E-state index contributed by atoms with van der Waals surface area (Å²) in [4.78, 5) is 0.103. The minimum atomic E-state index is -2.36. The molecule has 0 fully saturated rings. The fourth-order valence-corrected chi connectivity index (χ4v) is 4.39. The van der Waals surface area contributed by atoms with E-state index in [1.807, 2.05) is 0 Å². The number of unbranched alkanes of at least 4 members (excludes halogenated alkanes) is 16. The average molecular weight is 419 g/mol. The maximum atomic E-state index is 14.2. The molecule has 0 aliphatic carbocycles. The van der Waals surface area contributed by atoms with Crippen molar-refractivity contribution in [2.24, 2.45) is 0 Å². The van der Waals surface area contributed by atoms with E-state index in [-0.39, 0.29) is 4.86 Å². The SMILES string of the molecule is CCCCCCCCCCCCCCCCC(F)C(CCCCCC)=S(=O)=O. The van der Waals surface area contributed by atoms with Crippen molar-refractivity contribution >= 4 is 15.2 Å². The van der Waals surface area contributed by atoms with Crippen LogP contribution in [0, 0.1) is 0 Å². The number of halogens is 1. The van der Waals surface area contributed by atoms with Gasteiger partial charge in [-0.15, -0.1) is 0 Å². The Labute approximate surface area is 176 Å². The van der Waals surface area contributed by atoms with Gasteiger partial charge < -0.3 is 0 Å². The first-order chi connectivity index (χ1) is 13.6. The lowest BCUT2D eigenvalue weighted by molar-refractivity contribution is 0.383. The topological polar surface area (TPSA) is 34.1 Å². The fourth-order valence-electron chi connectivity index (χ4n) is 3.75. The molecule has 0 heterocycles. The van der Waals surface area contributed by atoms with E-state index in [1.54, 1.807) is 0 Å². The highest BCUT2D eigenvalue weighted by molar-refractivity contribution is 7.73. The number of alkyl halides is 1. The van der Waals surface area contributed by atoms with Gasteiger partial charge in [-0.3, -0.25) is 0 Å². The Balaban J connectivity index is 3.54. The molecule has 2 nitrogen and oxygen atoms in total. The van der Waals surface area contributed by atoms with Crippen LogP contribution >= 0.6 is 0 Å². The summed E-state index contributed by atoms with van der Waals surface area (Å²) in [6.45, 7) is 4.37.